The van der Waals surface area contributed by atoms with Crippen molar-refractivity contribution in [3.8, 4) is 0 Å². The number of nitrogens with one attached hydrogen (secondary N) is 1. The zero-order chi connectivity index (χ0) is 24.9. The minimum Gasteiger partial charge on any atom is -0.389 e. The van der Waals surface area contributed by atoms with E-state index in [4.69, 9.17) is 9.47 Å². The number of hydrogen-bond acceptors (Lipinski definition) is 7. The summed E-state index contributed by atoms with van der Waals surface area (Å²) in [5.74, 6) is 0.801. The van der Waals surface area contributed by atoms with Gasteiger partial charge in [-0.05, 0) is 67.2 Å². The van der Waals surface area contributed by atoms with Crippen molar-refractivity contribution in [1.82, 2.24) is 9.88 Å². The third-order valence-corrected chi connectivity index (χ3v) is 9.39. The molecule has 8 nitrogen and oxygen atoms in total. The highest BCUT2D eigenvalue weighted by molar-refractivity contribution is 5.97. The largest absolute Gasteiger partial charge is 0.389 e. The number of fused-ring (bicyclic) bond motifs is 1. The van der Waals surface area contributed by atoms with Crippen molar-refractivity contribution in [2.24, 2.45) is 11.3 Å². The van der Waals surface area contributed by atoms with Crippen LogP contribution in [0.4, 0.5) is 11.5 Å². The Bertz CT molecular complexity index is 1140. The number of carbonyl (C=O) groups is 1. The van der Waals surface area contributed by atoms with Gasteiger partial charge in [0.25, 0.3) is 0 Å². The van der Waals surface area contributed by atoms with Gasteiger partial charge in [-0.2, -0.15) is 0 Å². The zero-order valence-corrected chi connectivity index (χ0v) is 21.5. The maximum Gasteiger partial charge on any atom is 0.229 e. The number of nitrogens with zero attached hydrogens (tertiary/aromatic N) is 3. The molecule has 1 spiro atoms. The number of aliphatic hydroxyl groups excluding tert-OH is 1. The van der Waals surface area contributed by atoms with Gasteiger partial charge >= 0.3 is 0 Å². The molecular formula is C28H38N4O4. The molecule has 4 aliphatic rings. The number of carbonyl (C=O) groups excluding carboxylic acids is 1. The van der Waals surface area contributed by atoms with Crippen LogP contribution in [0.5, 0.6) is 0 Å². The van der Waals surface area contributed by atoms with E-state index >= 15 is 0 Å². The van der Waals surface area contributed by atoms with Crippen molar-refractivity contribution in [2.45, 2.75) is 51.2 Å². The number of benzene rings is 1. The SMILES string of the molecule is CC[C@]1(N2CCN(c3cc4cc(NC(=O)[C@H]5CC56CCOCC6)ncc4cc3C)CC2)COC[C@H]1O. The fourth-order valence-electron chi connectivity index (χ4n) is 6.82. The number of amides is 1. The van der Waals surface area contributed by atoms with E-state index in [9.17, 15) is 9.90 Å². The average molecular weight is 495 g/mol. The summed E-state index contributed by atoms with van der Waals surface area (Å²) in [5.41, 5.74) is 2.35. The van der Waals surface area contributed by atoms with Crippen LogP contribution in [-0.2, 0) is 14.3 Å². The summed E-state index contributed by atoms with van der Waals surface area (Å²) in [6, 6.07) is 6.43. The van der Waals surface area contributed by atoms with E-state index in [0.29, 0.717) is 19.0 Å². The Morgan fingerprint density at radius 2 is 1.92 bits per heavy atom. The summed E-state index contributed by atoms with van der Waals surface area (Å²) in [4.78, 5) is 22.3. The third kappa shape index (κ3) is 4.08. The third-order valence-electron chi connectivity index (χ3n) is 9.39. The predicted octanol–water partition coefficient (Wildman–Crippen LogP) is 2.96. The van der Waals surface area contributed by atoms with Gasteiger partial charge in [0.15, 0.2) is 0 Å². The quantitative estimate of drug-likeness (QED) is 0.661. The number of hydrogen-bond donors (Lipinski definition) is 2. The van der Waals surface area contributed by atoms with Crippen LogP contribution >= 0.6 is 0 Å². The van der Waals surface area contributed by atoms with Crippen LogP contribution in [0.1, 0.15) is 38.2 Å². The minimum absolute atomic E-state index is 0.0824. The van der Waals surface area contributed by atoms with Crippen molar-refractivity contribution in [3.05, 3.63) is 30.0 Å². The van der Waals surface area contributed by atoms with E-state index < -0.39 is 6.10 Å². The van der Waals surface area contributed by atoms with Gasteiger partial charge in [-0.25, -0.2) is 4.98 Å². The number of anilines is 2. The maximum absolute atomic E-state index is 12.9. The number of rotatable bonds is 5. The standard InChI is InChI=1S/C28H38N4O4/c1-3-28(18-36-17-24(28)33)32-8-6-31(7-9-32)23-13-20-14-25(29-16-21(20)12-19(23)2)30-26(34)22-15-27(22)4-10-35-11-5-27/h12-14,16,22,24,33H,3-11,15,17-18H2,1-2H3,(H,29,30,34)/t22-,24-,28+/m1/s1. The van der Waals surface area contributed by atoms with Crippen LogP contribution in [0.2, 0.25) is 0 Å². The molecule has 4 fully saturated rings. The van der Waals surface area contributed by atoms with E-state index in [0.717, 1.165) is 75.8 Å². The van der Waals surface area contributed by atoms with Gasteiger partial charge in [-0.1, -0.05) is 6.92 Å². The van der Waals surface area contributed by atoms with Crippen molar-refractivity contribution >= 4 is 28.2 Å². The highest BCUT2D eigenvalue weighted by atomic mass is 16.5. The molecule has 0 bridgehead atoms. The summed E-state index contributed by atoms with van der Waals surface area (Å²) < 4.78 is 11.1. The van der Waals surface area contributed by atoms with Crippen molar-refractivity contribution in [3.63, 3.8) is 0 Å². The van der Waals surface area contributed by atoms with Crippen LogP contribution in [0.25, 0.3) is 10.8 Å². The van der Waals surface area contributed by atoms with E-state index in [1.54, 1.807) is 0 Å². The van der Waals surface area contributed by atoms with Gasteiger partial charge in [-0.15, -0.1) is 0 Å². The molecule has 4 heterocycles. The molecule has 2 aromatic rings. The Balaban J connectivity index is 1.16. The van der Waals surface area contributed by atoms with E-state index in [-0.39, 0.29) is 22.8 Å². The van der Waals surface area contributed by atoms with Crippen molar-refractivity contribution in [1.29, 1.82) is 0 Å². The molecule has 1 amide bonds. The summed E-state index contributed by atoms with van der Waals surface area (Å²) in [6.45, 7) is 10.5. The second kappa shape index (κ2) is 9.24. The second-order valence-corrected chi connectivity index (χ2v) is 11.2. The minimum atomic E-state index is -0.422. The lowest BCUT2D eigenvalue weighted by molar-refractivity contribution is -0.118. The van der Waals surface area contributed by atoms with Crippen LogP contribution in [0, 0.1) is 18.3 Å². The normalized spacial score (nSPS) is 30.1. The van der Waals surface area contributed by atoms with Gasteiger partial charge in [0.05, 0.1) is 24.9 Å². The highest BCUT2D eigenvalue weighted by Crippen LogP contribution is 2.59. The fraction of sp³-hybridized carbons (Fsp3) is 0.643. The number of aryl methyl sites for hydroxylation is 1. The highest BCUT2D eigenvalue weighted by Gasteiger charge is 2.58. The summed E-state index contributed by atoms with van der Waals surface area (Å²) in [5, 5.41) is 15.9. The molecule has 0 unspecified atom stereocenters. The molecule has 1 saturated carbocycles. The van der Waals surface area contributed by atoms with Gasteiger partial charge < -0.3 is 24.8 Å². The lowest BCUT2D eigenvalue weighted by Gasteiger charge is -2.47. The maximum atomic E-state index is 12.9. The Labute approximate surface area is 212 Å². The van der Waals surface area contributed by atoms with Crippen molar-refractivity contribution < 1.29 is 19.4 Å². The fourth-order valence-corrected chi connectivity index (χ4v) is 6.82. The zero-order valence-electron chi connectivity index (χ0n) is 21.5. The predicted molar refractivity (Wildman–Crippen MR) is 139 cm³/mol. The number of pyridine rings is 1. The van der Waals surface area contributed by atoms with Gasteiger partial charge in [-0.3, -0.25) is 9.69 Å². The first-order valence-corrected chi connectivity index (χ1v) is 13.5. The number of ether oxygens (including phenoxy) is 2. The monoisotopic (exact) mass is 494 g/mol. The van der Waals surface area contributed by atoms with Gasteiger partial charge in [0.1, 0.15) is 5.82 Å². The van der Waals surface area contributed by atoms with Crippen LogP contribution in [0.3, 0.4) is 0 Å². The molecule has 3 aliphatic heterocycles. The summed E-state index contributed by atoms with van der Waals surface area (Å²) in [7, 11) is 0. The first-order chi connectivity index (χ1) is 17.4. The molecule has 194 valence electrons. The van der Waals surface area contributed by atoms with Gasteiger partial charge in [0.2, 0.25) is 5.91 Å². The Kier molecular flexibility index (Phi) is 6.19. The first kappa shape index (κ1) is 24.1. The molecule has 0 radical (unpaired) electrons. The van der Waals surface area contributed by atoms with Crippen LogP contribution in [0.15, 0.2) is 24.4 Å². The average Bonchev–Trinajstić information content (AvgIpc) is 3.45. The smallest absolute Gasteiger partial charge is 0.229 e. The lowest BCUT2D eigenvalue weighted by atomic mass is 9.89. The Morgan fingerprint density at radius 3 is 2.61 bits per heavy atom. The van der Waals surface area contributed by atoms with Crippen LogP contribution in [-0.4, -0.2) is 85.1 Å². The molecule has 1 aromatic heterocycles. The van der Waals surface area contributed by atoms with E-state index in [1.807, 2.05) is 12.3 Å². The van der Waals surface area contributed by atoms with Crippen molar-refractivity contribution in [2.75, 3.05) is 62.8 Å². The molecule has 2 N–H and O–H groups in total. The second-order valence-electron chi connectivity index (χ2n) is 11.2. The number of aliphatic hydroxyl groups is 1. The van der Waals surface area contributed by atoms with Gasteiger partial charge in [0, 0.05) is 62.6 Å². The van der Waals surface area contributed by atoms with Crippen LogP contribution < -0.4 is 10.2 Å². The summed E-state index contributed by atoms with van der Waals surface area (Å²) >= 11 is 0. The Hall–Kier alpha value is -2.26. The molecule has 8 heteroatoms. The lowest BCUT2D eigenvalue weighted by Crippen LogP contribution is -2.62. The molecule has 1 aliphatic carbocycles. The molecule has 3 saturated heterocycles. The molecular weight excluding hydrogens is 456 g/mol. The number of aromatic nitrogens is 1. The molecule has 36 heavy (non-hydrogen) atoms. The summed E-state index contributed by atoms with van der Waals surface area (Å²) in [6.07, 6.45) is 5.27. The topological polar surface area (TPSA) is 87.2 Å². The van der Waals surface area contributed by atoms with E-state index in [2.05, 4.69) is 46.1 Å². The Morgan fingerprint density at radius 1 is 1.14 bits per heavy atom. The molecule has 3 atom stereocenters. The molecule has 1 aromatic carbocycles. The van der Waals surface area contributed by atoms with E-state index in [1.165, 1.54) is 11.3 Å². The first-order valence-electron chi connectivity index (χ1n) is 13.5. The number of piperazine rings is 1. The molecule has 6 rings (SSSR count).